The van der Waals surface area contributed by atoms with Gasteiger partial charge >= 0.3 is 0 Å². The first-order valence-corrected chi connectivity index (χ1v) is 10.7. The molecule has 0 radical (unpaired) electrons. The smallest absolute Gasteiger partial charge is 0.120 e. The predicted molar refractivity (Wildman–Crippen MR) is 127 cm³/mol. The van der Waals surface area contributed by atoms with Crippen LogP contribution in [-0.2, 0) is 13.6 Å². The molecule has 0 saturated heterocycles. The molecule has 0 saturated carbocycles. The molecule has 6 heteroatoms. The van der Waals surface area contributed by atoms with E-state index in [0.717, 1.165) is 46.8 Å². The third-order valence-electron chi connectivity index (χ3n) is 5.30. The molecule has 30 heavy (non-hydrogen) atoms. The molecule has 2 heterocycles. The molecule has 4 nitrogen and oxygen atoms in total. The maximum atomic E-state index is 6.49. The van der Waals surface area contributed by atoms with Crippen molar-refractivity contribution in [2.45, 2.75) is 27.3 Å². The van der Waals surface area contributed by atoms with E-state index in [2.05, 4.69) is 49.1 Å². The fourth-order valence-electron chi connectivity index (χ4n) is 3.77. The number of nitrogens with zero attached hydrogens (tertiary/aromatic N) is 4. The molecule has 2 aromatic carbocycles. The maximum Gasteiger partial charge on any atom is 0.120 e. The zero-order valence-electron chi connectivity index (χ0n) is 17.6. The van der Waals surface area contributed by atoms with Gasteiger partial charge in [-0.05, 0) is 50.6 Å². The minimum atomic E-state index is 0.569. The molecular weight excluding hydrogens is 415 g/mol. The number of hydrogen-bond donors (Lipinski definition) is 0. The fraction of sp³-hybridized carbons (Fsp3) is 0.250. The summed E-state index contributed by atoms with van der Waals surface area (Å²) in [6.07, 6.45) is 0. The molecular formula is C24H24Cl2N4. The summed E-state index contributed by atoms with van der Waals surface area (Å²) in [6, 6.07) is 16.3. The molecule has 0 fully saturated rings. The molecule has 4 aromatic rings. The Morgan fingerprint density at radius 2 is 1.73 bits per heavy atom. The van der Waals surface area contributed by atoms with Crippen molar-refractivity contribution in [2.24, 2.45) is 7.05 Å². The molecule has 0 amide bonds. The van der Waals surface area contributed by atoms with Gasteiger partial charge in [0.05, 0.1) is 10.7 Å². The van der Waals surface area contributed by atoms with E-state index in [1.165, 1.54) is 11.1 Å². The van der Waals surface area contributed by atoms with E-state index in [4.69, 9.17) is 33.3 Å². The van der Waals surface area contributed by atoms with Crippen molar-refractivity contribution in [3.63, 3.8) is 0 Å². The average Bonchev–Trinajstić information content (AvgIpc) is 3.03. The van der Waals surface area contributed by atoms with Gasteiger partial charge in [0.1, 0.15) is 16.7 Å². The Balaban J connectivity index is 1.86. The summed E-state index contributed by atoms with van der Waals surface area (Å²) in [5.74, 6) is 0. The van der Waals surface area contributed by atoms with Crippen LogP contribution in [0.1, 0.15) is 23.7 Å². The van der Waals surface area contributed by atoms with Crippen LogP contribution in [0.4, 0.5) is 5.69 Å². The zero-order chi connectivity index (χ0) is 21.4. The average molecular weight is 439 g/mol. The van der Waals surface area contributed by atoms with Crippen molar-refractivity contribution >= 4 is 39.9 Å². The van der Waals surface area contributed by atoms with Crippen molar-refractivity contribution < 1.29 is 0 Å². The summed E-state index contributed by atoms with van der Waals surface area (Å²) in [5.41, 5.74) is 8.04. The Hall–Kier alpha value is -2.56. The van der Waals surface area contributed by atoms with Crippen molar-refractivity contribution in [2.75, 3.05) is 11.4 Å². The lowest BCUT2D eigenvalue weighted by Gasteiger charge is -2.24. The van der Waals surface area contributed by atoms with Crippen LogP contribution < -0.4 is 4.90 Å². The summed E-state index contributed by atoms with van der Waals surface area (Å²) >= 11 is 12.6. The Labute approximate surface area is 187 Å². The van der Waals surface area contributed by atoms with Crippen LogP contribution in [0.3, 0.4) is 0 Å². The van der Waals surface area contributed by atoms with Crippen molar-refractivity contribution in [3.8, 4) is 11.3 Å². The lowest BCUT2D eigenvalue weighted by molar-refractivity contribution is 0.786. The number of pyridine rings is 1. The SMILES string of the molecule is CCN(Cc1ccc(C)cc1)c1cc(C)nc2c(-c3ccc(Cl)cc3Cl)nn(C)c12. The van der Waals surface area contributed by atoms with Gasteiger partial charge in [0.15, 0.2) is 0 Å². The van der Waals surface area contributed by atoms with Gasteiger partial charge in [-0.1, -0.05) is 53.0 Å². The van der Waals surface area contributed by atoms with Gasteiger partial charge in [0, 0.05) is 36.4 Å². The monoisotopic (exact) mass is 438 g/mol. The van der Waals surface area contributed by atoms with E-state index >= 15 is 0 Å². The van der Waals surface area contributed by atoms with Crippen molar-refractivity contribution in [1.82, 2.24) is 14.8 Å². The van der Waals surface area contributed by atoms with Gasteiger partial charge in [-0.3, -0.25) is 4.68 Å². The molecule has 0 bridgehead atoms. The van der Waals surface area contributed by atoms with Crippen LogP contribution in [0.25, 0.3) is 22.3 Å². The van der Waals surface area contributed by atoms with E-state index in [0.29, 0.717) is 10.0 Å². The number of hydrogen-bond acceptors (Lipinski definition) is 3. The Kier molecular flexibility index (Phi) is 5.72. The van der Waals surface area contributed by atoms with Crippen LogP contribution in [-0.4, -0.2) is 21.3 Å². The van der Waals surface area contributed by atoms with Gasteiger partial charge < -0.3 is 4.90 Å². The molecule has 0 N–H and O–H groups in total. The number of halogens is 2. The van der Waals surface area contributed by atoms with Gasteiger partial charge in [0.2, 0.25) is 0 Å². The normalized spacial score (nSPS) is 11.3. The van der Waals surface area contributed by atoms with Crippen LogP contribution in [0, 0.1) is 13.8 Å². The molecule has 0 aliphatic carbocycles. The fourth-order valence-corrected chi connectivity index (χ4v) is 4.26. The molecule has 4 rings (SSSR count). The Morgan fingerprint density at radius 3 is 2.40 bits per heavy atom. The first-order chi connectivity index (χ1) is 14.4. The first-order valence-electron chi connectivity index (χ1n) is 9.97. The third kappa shape index (κ3) is 3.90. The summed E-state index contributed by atoms with van der Waals surface area (Å²) in [5, 5.41) is 5.96. The number of aromatic nitrogens is 3. The highest BCUT2D eigenvalue weighted by Gasteiger charge is 2.21. The van der Waals surface area contributed by atoms with Gasteiger partial charge in [0.25, 0.3) is 0 Å². The first kappa shape index (κ1) is 20.7. The van der Waals surface area contributed by atoms with Crippen LogP contribution in [0.15, 0.2) is 48.5 Å². The highest BCUT2D eigenvalue weighted by molar-refractivity contribution is 6.36. The topological polar surface area (TPSA) is 34.0 Å². The van der Waals surface area contributed by atoms with E-state index in [-0.39, 0.29) is 0 Å². The molecule has 0 unspecified atom stereocenters. The Bertz CT molecular complexity index is 1210. The Morgan fingerprint density at radius 1 is 1.00 bits per heavy atom. The minimum Gasteiger partial charge on any atom is -0.366 e. The summed E-state index contributed by atoms with van der Waals surface area (Å²) in [7, 11) is 1.95. The van der Waals surface area contributed by atoms with Crippen molar-refractivity contribution in [3.05, 3.63) is 75.4 Å². The van der Waals surface area contributed by atoms with Crippen molar-refractivity contribution in [1.29, 1.82) is 0 Å². The standard InChI is InChI=1S/C24H24Cl2N4/c1-5-30(14-17-8-6-15(2)7-9-17)21-12-16(3)27-23-22(28-29(4)24(21)23)19-11-10-18(25)13-20(19)26/h6-13H,5,14H2,1-4H3. The molecule has 0 spiro atoms. The van der Waals surface area contributed by atoms with Gasteiger partial charge in [-0.25, -0.2) is 4.98 Å². The predicted octanol–water partition coefficient (Wildman–Crippen LogP) is 6.59. The quantitative estimate of drug-likeness (QED) is 0.352. The van der Waals surface area contributed by atoms with E-state index in [9.17, 15) is 0 Å². The van der Waals surface area contributed by atoms with Crippen LogP contribution >= 0.6 is 23.2 Å². The minimum absolute atomic E-state index is 0.569. The number of benzene rings is 2. The molecule has 154 valence electrons. The summed E-state index contributed by atoms with van der Waals surface area (Å²) in [4.78, 5) is 7.19. The third-order valence-corrected chi connectivity index (χ3v) is 5.85. The molecule has 0 aliphatic heterocycles. The van der Waals surface area contributed by atoms with E-state index in [1.54, 1.807) is 6.07 Å². The largest absolute Gasteiger partial charge is 0.366 e. The second kappa shape index (κ2) is 8.29. The van der Waals surface area contributed by atoms with Gasteiger partial charge in [-0.15, -0.1) is 0 Å². The van der Waals surface area contributed by atoms with Crippen LogP contribution in [0.5, 0.6) is 0 Å². The summed E-state index contributed by atoms with van der Waals surface area (Å²) < 4.78 is 1.90. The second-order valence-electron chi connectivity index (χ2n) is 7.58. The molecule has 2 aromatic heterocycles. The van der Waals surface area contributed by atoms with E-state index < -0.39 is 0 Å². The maximum absolute atomic E-state index is 6.49. The second-order valence-corrected chi connectivity index (χ2v) is 8.42. The highest BCUT2D eigenvalue weighted by atomic mass is 35.5. The lowest BCUT2D eigenvalue weighted by atomic mass is 10.1. The number of rotatable bonds is 5. The summed E-state index contributed by atoms with van der Waals surface area (Å²) in [6.45, 7) is 7.98. The zero-order valence-corrected chi connectivity index (χ0v) is 19.1. The van der Waals surface area contributed by atoms with E-state index in [1.807, 2.05) is 30.8 Å². The number of fused-ring (bicyclic) bond motifs is 1. The number of anilines is 1. The van der Waals surface area contributed by atoms with Gasteiger partial charge in [-0.2, -0.15) is 5.10 Å². The lowest BCUT2D eigenvalue weighted by Crippen LogP contribution is -2.23. The molecule has 0 aliphatic rings. The number of aryl methyl sites for hydroxylation is 3. The molecule has 0 atom stereocenters. The highest BCUT2D eigenvalue weighted by Crippen LogP contribution is 2.37. The van der Waals surface area contributed by atoms with Crippen LogP contribution in [0.2, 0.25) is 10.0 Å².